The lowest BCUT2D eigenvalue weighted by molar-refractivity contribution is 0.398. The van der Waals surface area contributed by atoms with E-state index in [0.717, 1.165) is 12.1 Å². The summed E-state index contributed by atoms with van der Waals surface area (Å²) in [5.74, 6) is 1.26. The second kappa shape index (κ2) is 5.75. The second-order valence-corrected chi connectivity index (χ2v) is 5.72. The van der Waals surface area contributed by atoms with Gasteiger partial charge >= 0.3 is 0 Å². The summed E-state index contributed by atoms with van der Waals surface area (Å²) < 4.78 is 5.68. The van der Waals surface area contributed by atoms with Gasteiger partial charge in [-0.05, 0) is 36.8 Å². The molecule has 0 radical (unpaired) electrons. The Morgan fingerprint density at radius 3 is 2.70 bits per heavy atom. The van der Waals surface area contributed by atoms with Crippen molar-refractivity contribution in [3.05, 3.63) is 36.2 Å². The van der Waals surface area contributed by atoms with E-state index in [1.54, 1.807) is 0 Å². The molecule has 1 heterocycles. The SMILES string of the molecule is CCCC1(CNCc2nnc(-c3ccccc3)o2)CC1. The minimum absolute atomic E-state index is 0.553. The van der Waals surface area contributed by atoms with Gasteiger partial charge in [0.25, 0.3) is 0 Å². The topological polar surface area (TPSA) is 51.0 Å². The van der Waals surface area contributed by atoms with Crippen molar-refractivity contribution < 1.29 is 4.42 Å². The molecule has 0 spiro atoms. The number of benzene rings is 1. The molecule has 0 unspecified atom stereocenters. The van der Waals surface area contributed by atoms with Gasteiger partial charge < -0.3 is 9.73 Å². The molecule has 20 heavy (non-hydrogen) atoms. The molecule has 0 saturated heterocycles. The Morgan fingerprint density at radius 2 is 2.00 bits per heavy atom. The predicted molar refractivity (Wildman–Crippen MR) is 78.0 cm³/mol. The molecule has 1 fully saturated rings. The highest BCUT2D eigenvalue weighted by molar-refractivity contribution is 5.51. The molecule has 106 valence electrons. The van der Waals surface area contributed by atoms with Gasteiger partial charge in [-0.25, -0.2) is 0 Å². The first-order valence-electron chi connectivity index (χ1n) is 7.40. The summed E-state index contributed by atoms with van der Waals surface area (Å²) in [4.78, 5) is 0. The van der Waals surface area contributed by atoms with E-state index in [-0.39, 0.29) is 0 Å². The number of hydrogen-bond acceptors (Lipinski definition) is 4. The third kappa shape index (κ3) is 3.07. The van der Waals surface area contributed by atoms with E-state index in [1.165, 1.54) is 25.7 Å². The Hall–Kier alpha value is -1.68. The molecule has 2 aromatic rings. The number of nitrogens with one attached hydrogen (secondary N) is 1. The van der Waals surface area contributed by atoms with E-state index < -0.39 is 0 Å². The Labute approximate surface area is 119 Å². The molecule has 1 N–H and O–H groups in total. The first-order valence-corrected chi connectivity index (χ1v) is 7.40. The Balaban J connectivity index is 1.53. The van der Waals surface area contributed by atoms with Crippen LogP contribution in [0.4, 0.5) is 0 Å². The van der Waals surface area contributed by atoms with Gasteiger partial charge in [-0.2, -0.15) is 0 Å². The highest BCUT2D eigenvalue weighted by Crippen LogP contribution is 2.48. The fourth-order valence-electron chi connectivity index (χ4n) is 2.68. The van der Waals surface area contributed by atoms with E-state index in [1.807, 2.05) is 30.3 Å². The molecule has 1 aromatic heterocycles. The maximum atomic E-state index is 5.68. The van der Waals surface area contributed by atoms with Crippen molar-refractivity contribution in [1.29, 1.82) is 0 Å². The minimum atomic E-state index is 0.553. The average molecular weight is 271 g/mol. The van der Waals surface area contributed by atoms with Crippen molar-refractivity contribution in [2.24, 2.45) is 5.41 Å². The zero-order valence-electron chi connectivity index (χ0n) is 11.9. The predicted octanol–water partition coefficient (Wildman–Crippen LogP) is 3.41. The van der Waals surface area contributed by atoms with Crippen LogP contribution in [0.1, 0.15) is 38.5 Å². The van der Waals surface area contributed by atoms with Crippen molar-refractivity contribution in [1.82, 2.24) is 15.5 Å². The summed E-state index contributed by atoms with van der Waals surface area (Å²) in [6.45, 7) is 3.97. The van der Waals surface area contributed by atoms with Gasteiger partial charge in [0.2, 0.25) is 11.8 Å². The Bertz CT molecular complexity index is 546. The number of hydrogen-bond donors (Lipinski definition) is 1. The number of nitrogens with zero attached hydrogens (tertiary/aromatic N) is 2. The largest absolute Gasteiger partial charge is 0.419 e. The highest BCUT2D eigenvalue weighted by Gasteiger charge is 2.40. The van der Waals surface area contributed by atoms with Gasteiger partial charge in [0.05, 0.1) is 6.54 Å². The van der Waals surface area contributed by atoms with Crippen LogP contribution in [0.3, 0.4) is 0 Å². The van der Waals surface area contributed by atoms with Crippen molar-refractivity contribution in [2.45, 2.75) is 39.2 Å². The molecular weight excluding hydrogens is 250 g/mol. The van der Waals surface area contributed by atoms with E-state index in [0.29, 0.717) is 23.7 Å². The molecule has 1 aliphatic carbocycles. The van der Waals surface area contributed by atoms with Crippen LogP contribution >= 0.6 is 0 Å². The molecule has 3 rings (SSSR count). The van der Waals surface area contributed by atoms with E-state index in [2.05, 4.69) is 22.4 Å². The van der Waals surface area contributed by atoms with E-state index in [9.17, 15) is 0 Å². The summed E-state index contributed by atoms with van der Waals surface area (Å²) >= 11 is 0. The molecule has 1 aromatic carbocycles. The van der Waals surface area contributed by atoms with Crippen molar-refractivity contribution in [2.75, 3.05) is 6.54 Å². The van der Waals surface area contributed by atoms with Crippen LogP contribution in [0.2, 0.25) is 0 Å². The zero-order chi connectivity index (χ0) is 13.8. The monoisotopic (exact) mass is 271 g/mol. The third-order valence-electron chi connectivity index (χ3n) is 4.00. The van der Waals surface area contributed by atoms with Crippen molar-refractivity contribution in [3.63, 3.8) is 0 Å². The van der Waals surface area contributed by atoms with Crippen LogP contribution in [0.15, 0.2) is 34.7 Å². The molecule has 0 bridgehead atoms. The molecule has 1 saturated carbocycles. The molecular formula is C16H21N3O. The van der Waals surface area contributed by atoms with Gasteiger partial charge in [-0.15, -0.1) is 10.2 Å². The van der Waals surface area contributed by atoms with Crippen LogP contribution in [0.25, 0.3) is 11.5 Å². The van der Waals surface area contributed by atoms with Gasteiger partial charge in [0.1, 0.15) is 0 Å². The third-order valence-corrected chi connectivity index (χ3v) is 4.00. The van der Waals surface area contributed by atoms with Gasteiger partial charge in [0.15, 0.2) is 0 Å². The van der Waals surface area contributed by atoms with Crippen LogP contribution in [0, 0.1) is 5.41 Å². The maximum absolute atomic E-state index is 5.68. The van der Waals surface area contributed by atoms with Gasteiger partial charge in [-0.1, -0.05) is 31.5 Å². The summed E-state index contributed by atoms with van der Waals surface area (Å²) in [7, 11) is 0. The molecule has 4 heteroatoms. The Kier molecular flexibility index (Phi) is 3.83. The standard InChI is InChI=1S/C16H21N3O/c1-2-8-16(9-10-16)12-17-11-14-18-19-15(20-14)13-6-4-3-5-7-13/h3-7,17H,2,8-12H2,1H3. The van der Waals surface area contributed by atoms with Crippen molar-refractivity contribution in [3.8, 4) is 11.5 Å². The number of rotatable bonds is 7. The molecule has 4 nitrogen and oxygen atoms in total. The normalized spacial score (nSPS) is 16.2. The first kappa shape index (κ1) is 13.3. The molecule has 0 atom stereocenters. The summed E-state index contributed by atoms with van der Waals surface area (Å²) in [6, 6.07) is 9.87. The van der Waals surface area contributed by atoms with Gasteiger partial charge in [0, 0.05) is 12.1 Å². The van der Waals surface area contributed by atoms with Crippen LogP contribution in [-0.4, -0.2) is 16.7 Å². The quantitative estimate of drug-likeness (QED) is 0.838. The van der Waals surface area contributed by atoms with Crippen molar-refractivity contribution >= 4 is 0 Å². The zero-order valence-corrected chi connectivity index (χ0v) is 11.9. The Morgan fingerprint density at radius 1 is 1.20 bits per heavy atom. The van der Waals surface area contributed by atoms with E-state index >= 15 is 0 Å². The summed E-state index contributed by atoms with van der Waals surface area (Å²) in [5.41, 5.74) is 1.52. The molecule has 0 amide bonds. The lowest BCUT2D eigenvalue weighted by atomic mass is 10.0. The molecule has 1 aliphatic rings. The van der Waals surface area contributed by atoms with Crippen LogP contribution in [-0.2, 0) is 6.54 Å². The number of aromatic nitrogens is 2. The minimum Gasteiger partial charge on any atom is -0.419 e. The highest BCUT2D eigenvalue weighted by atomic mass is 16.4. The fraction of sp³-hybridized carbons (Fsp3) is 0.500. The van der Waals surface area contributed by atoms with Gasteiger partial charge in [-0.3, -0.25) is 0 Å². The summed E-state index contributed by atoms with van der Waals surface area (Å²) in [6.07, 6.45) is 5.29. The van der Waals surface area contributed by atoms with Crippen LogP contribution < -0.4 is 5.32 Å². The molecule has 0 aliphatic heterocycles. The summed E-state index contributed by atoms with van der Waals surface area (Å²) in [5, 5.41) is 11.7. The van der Waals surface area contributed by atoms with E-state index in [4.69, 9.17) is 4.42 Å². The maximum Gasteiger partial charge on any atom is 0.247 e. The average Bonchev–Trinajstić information content (AvgIpc) is 3.07. The smallest absolute Gasteiger partial charge is 0.247 e. The van der Waals surface area contributed by atoms with Crippen LogP contribution in [0.5, 0.6) is 0 Å². The fourth-order valence-corrected chi connectivity index (χ4v) is 2.68. The lowest BCUT2D eigenvalue weighted by Gasteiger charge is -2.13. The lowest BCUT2D eigenvalue weighted by Crippen LogP contribution is -2.23. The first-order chi connectivity index (χ1) is 9.81. The second-order valence-electron chi connectivity index (χ2n) is 5.72.